The van der Waals surface area contributed by atoms with Crippen molar-refractivity contribution in [3.8, 4) is 0 Å². The lowest BCUT2D eigenvalue weighted by molar-refractivity contribution is 0.161. The third-order valence-electron chi connectivity index (χ3n) is 3.25. The quantitative estimate of drug-likeness (QED) is 0.679. The van der Waals surface area contributed by atoms with Crippen LogP contribution < -0.4 is 5.73 Å². The molecule has 100 valence electrons. The molecule has 0 saturated carbocycles. The van der Waals surface area contributed by atoms with Crippen LogP contribution in [0.3, 0.4) is 0 Å². The summed E-state index contributed by atoms with van der Waals surface area (Å²) in [7, 11) is 2.18. The lowest BCUT2D eigenvalue weighted by Crippen LogP contribution is -2.45. The lowest BCUT2D eigenvalue weighted by atomic mass is 10.3. The van der Waals surface area contributed by atoms with Crippen molar-refractivity contribution in [2.24, 2.45) is 0 Å². The molecule has 0 unspecified atom stereocenters. The van der Waals surface area contributed by atoms with Gasteiger partial charge in [0.05, 0.1) is 5.02 Å². The predicted octanol–water partition coefficient (Wildman–Crippen LogP) is 2.26. The Morgan fingerprint density at radius 1 is 1.28 bits per heavy atom. The third-order valence-corrected chi connectivity index (χ3v) is 4.81. The summed E-state index contributed by atoms with van der Waals surface area (Å²) in [5.41, 5.74) is 6.72. The van der Waals surface area contributed by atoms with Crippen LogP contribution >= 0.6 is 23.4 Å². The van der Waals surface area contributed by atoms with E-state index in [0.717, 1.165) is 41.0 Å². The third kappa shape index (κ3) is 3.79. The van der Waals surface area contributed by atoms with Gasteiger partial charge in [-0.05, 0) is 19.2 Å². The molecule has 0 aromatic heterocycles. The van der Waals surface area contributed by atoms with Crippen LogP contribution in [0.1, 0.15) is 0 Å². The molecule has 0 bridgehead atoms. The summed E-state index contributed by atoms with van der Waals surface area (Å²) < 4.78 is 0. The van der Waals surface area contributed by atoms with Gasteiger partial charge in [0.25, 0.3) is 0 Å². The first-order valence-corrected chi connectivity index (χ1v) is 7.61. The molecule has 0 atom stereocenters. The number of likely N-dealkylation sites (N-methyl/N-ethyl adjacent to an activating group) is 1. The highest BCUT2D eigenvalue weighted by molar-refractivity contribution is 7.99. The molecule has 2 N–H and O–H groups in total. The topological polar surface area (TPSA) is 32.5 Å². The van der Waals surface area contributed by atoms with Crippen molar-refractivity contribution in [3.05, 3.63) is 23.2 Å². The number of thioether (sulfide) groups is 1. The molecule has 1 fully saturated rings. The van der Waals surface area contributed by atoms with Crippen LogP contribution in [0.15, 0.2) is 23.1 Å². The fraction of sp³-hybridized carbons (Fsp3) is 0.538. The van der Waals surface area contributed by atoms with Gasteiger partial charge in [-0.2, -0.15) is 0 Å². The largest absolute Gasteiger partial charge is 0.398 e. The summed E-state index contributed by atoms with van der Waals surface area (Å²) in [4.78, 5) is 5.89. The summed E-state index contributed by atoms with van der Waals surface area (Å²) in [6, 6.07) is 5.70. The monoisotopic (exact) mass is 285 g/mol. The Morgan fingerprint density at radius 2 is 2.00 bits per heavy atom. The number of piperazine rings is 1. The fourth-order valence-electron chi connectivity index (χ4n) is 2.03. The van der Waals surface area contributed by atoms with Gasteiger partial charge in [-0.25, -0.2) is 0 Å². The first kappa shape index (κ1) is 14.0. The molecular weight excluding hydrogens is 266 g/mol. The van der Waals surface area contributed by atoms with Crippen molar-refractivity contribution in [1.29, 1.82) is 0 Å². The van der Waals surface area contributed by atoms with E-state index in [1.165, 1.54) is 13.1 Å². The second kappa shape index (κ2) is 6.66. The molecule has 2 rings (SSSR count). The normalized spacial score (nSPS) is 18.1. The molecule has 1 aromatic carbocycles. The molecule has 1 heterocycles. The van der Waals surface area contributed by atoms with E-state index in [-0.39, 0.29) is 0 Å². The van der Waals surface area contributed by atoms with Crippen molar-refractivity contribution < 1.29 is 0 Å². The lowest BCUT2D eigenvalue weighted by Gasteiger charge is -2.32. The minimum atomic E-state index is 0.762. The fourth-order valence-corrected chi connectivity index (χ4v) is 3.37. The first-order chi connectivity index (χ1) is 8.66. The Morgan fingerprint density at radius 3 is 2.67 bits per heavy atom. The van der Waals surface area contributed by atoms with Gasteiger partial charge in [0.2, 0.25) is 0 Å². The zero-order valence-electron chi connectivity index (χ0n) is 10.7. The highest BCUT2D eigenvalue weighted by Crippen LogP contribution is 2.32. The van der Waals surface area contributed by atoms with Gasteiger partial charge in [-0.1, -0.05) is 17.7 Å². The van der Waals surface area contributed by atoms with E-state index >= 15 is 0 Å². The summed E-state index contributed by atoms with van der Waals surface area (Å²) in [5.74, 6) is 1.04. The summed E-state index contributed by atoms with van der Waals surface area (Å²) in [6.45, 7) is 5.76. The molecule has 0 spiro atoms. The second-order valence-corrected chi connectivity index (χ2v) is 6.16. The number of hydrogen-bond donors (Lipinski definition) is 1. The van der Waals surface area contributed by atoms with Crippen molar-refractivity contribution in [3.63, 3.8) is 0 Å². The van der Waals surface area contributed by atoms with Gasteiger partial charge < -0.3 is 10.6 Å². The Hall–Kier alpha value is -0.420. The number of nitrogens with zero attached hydrogens (tertiary/aromatic N) is 2. The van der Waals surface area contributed by atoms with E-state index in [1.807, 2.05) is 18.2 Å². The second-order valence-electron chi connectivity index (χ2n) is 4.65. The molecule has 1 aliphatic heterocycles. The van der Waals surface area contributed by atoms with Crippen molar-refractivity contribution in [2.45, 2.75) is 4.90 Å². The number of hydrogen-bond acceptors (Lipinski definition) is 4. The van der Waals surface area contributed by atoms with Gasteiger partial charge in [-0.3, -0.25) is 4.90 Å². The highest BCUT2D eigenvalue weighted by atomic mass is 35.5. The summed E-state index contributed by atoms with van der Waals surface area (Å²) >= 11 is 7.90. The molecule has 1 aliphatic rings. The van der Waals surface area contributed by atoms with Gasteiger partial charge >= 0.3 is 0 Å². The van der Waals surface area contributed by atoms with Crippen molar-refractivity contribution >= 4 is 29.1 Å². The van der Waals surface area contributed by atoms with E-state index in [1.54, 1.807) is 11.8 Å². The van der Waals surface area contributed by atoms with Crippen LogP contribution in [-0.4, -0.2) is 55.3 Å². The Balaban J connectivity index is 1.78. The molecular formula is C13H20ClN3S. The molecule has 18 heavy (non-hydrogen) atoms. The maximum Gasteiger partial charge on any atom is 0.0562 e. The summed E-state index contributed by atoms with van der Waals surface area (Å²) in [5, 5.41) is 0.762. The Labute approximate surface area is 118 Å². The summed E-state index contributed by atoms with van der Waals surface area (Å²) in [6.07, 6.45) is 0. The van der Waals surface area contributed by atoms with Crippen LogP contribution in [0.5, 0.6) is 0 Å². The zero-order valence-corrected chi connectivity index (χ0v) is 12.3. The molecule has 5 heteroatoms. The van der Waals surface area contributed by atoms with E-state index in [2.05, 4.69) is 16.8 Å². The number of benzene rings is 1. The van der Waals surface area contributed by atoms with Gasteiger partial charge in [0.15, 0.2) is 0 Å². The smallest absolute Gasteiger partial charge is 0.0562 e. The van der Waals surface area contributed by atoms with Gasteiger partial charge in [0.1, 0.15) is 0 Å². The number of rotatable bonds is 4. The van der Waals surface area contributed by atoms with Crippen molar-refractivity contribution in [1.82, 2.24) is 9.80 Å². The zero-order chi connectivity index (χ0) is 13.0. The van der Waals surface area contributed by atoms with E-state index in [4.69, 9.17) is 17.3 Å². The standard InChI is InChI=1S/C13H20ClN3S/c1-16-5-7-17(8-6-16)9-10-18-13-11(14)3-2-4-12(13)15/h2-4H,5-10,15H2,1H3. The maximum absolute atomic E-state index is 6.15. The molecule has 0 radical (unpaired) electrons. The number of halogens is 1. The average Bonchev–Trinajstić information content (AvgIpc) is 2.35. The Bertz CT molecular complexity index is 372. The van der Waals surface area contributed by atoms with Crippen LogP contribution in [0.2, 0.25) is 5.02 Å². The minimum absolute atomic E-state index is 0.762. The van der Waals surface area contributed by atoms with Crippen LogP contribution in [-0.2, 0) is 0 Å². The van der Waals surface area contributed by atoms with Crippen LogP contribution in [0.25, 0.3) is 0 Å². The molecule has 1 saturated heterocycles. The first-order valence-electron chi connectivity index (χ1n) is 6.24. The molecule has 0 amide bonds. The maximum atomic E-state index is 6.15. The number of anilines is 1. The van der Waals surface area contributed by atoms with Crippen molar-refractivity contribution in [2.75, 3.05) is 51.3 Å². The number of nitrogen functional groups attached to an aromatic ring is 1. The Kier molecular flexibility index (Phi) is 5.18. The molecule has 3 nitrogen and oxygen atoms in total. The molecule has 1 aromatic rings. The van der Waals surface area contributed by atoms with Gasteiger partial charge in [-0.15, -0.1) is 11.8 Å². The van der Waals surface area contributed by atoms with Crippen LogP contribution in [0, 0.1) is 0 Å². The van der Waals surface area contributed by atoms with Gasteiger partial charge in [0, 0.05) is 49.1 Å². The molecule has 0 aliphatic carbocycles. The number of nitrogens with two attached hydrogens (primary N) is 1. The van der Waals surface area contributed by atoms with Crippen LogP contribution in [0.4, 0.5) is 5.69 Å². The highest BCUT2D eigenvalue weighted by Gasteiger charge is 2.13. The average molecular weight is 286 g/mol. The van der Waals surface area contributed by atoms with E-state index < -0.39 is 0 Å². The minimum Gasteiger partial charge on any atom is -0.398 e. The van der Waals surface area contributed by atoms with E-state index in [0.29, 0.717) is 0 Å². The SMILES string of the molecule is CN1CCN(CCSc2c(N)cccc2Cl)CC1. The predicted molar refractivity (Wildman–Crippen MR) is 80.5 cm³/mol. The van der Waals surface area contributed by atoms with E-state index in [9.17, 15) is 0 Å².